The van der Waals surface area contributed by atoms with Crippen molar-refractivity contribution < 1.29 is 4.79 Å². The van der Waals surface area contributed by atoms with Gasteiger partial charge in [0.1, 0.15) is 0 Å². The van der Waals surface area contributed by atoms with Crippen LogP contribution in [-0.2, 0) is 16.8 Å². The zero-order valence-electron chi connectivity index (χ0n) is 12.1. The molecule has 1 aromatic heterocycles. The van der Waals surface area contributed by atoms with Gasteiger partial charge in [-0.25, -0.2) is 0 Å². The molecule has 0 saturated heterocycles. The lowest BCUT2D eigenvalue weighted by Gasteiger charge is -2.23. The monoisotopic (exact) mass is 281 g/mol. The van der Waals surface area contributed by atoms with Gasteiger partial charge in [0.05, 0.1) is 17.7 Å². The summed E-state index contributed by atoms with van der Waals surface area (Å²) in [4.78, 5) is 18.8. The molecule has 4 nitrogen and oxygen atoms in total. The highest BCUT2D eigenvalue weighted by atomic mass is 16.2. The first kappa shape index (κ1) is 13.6. The van der Waals surface area contributed by atoms with Crippen molar-refractivity contribution in [3.8, 4) is 0 Å². The lowest BCUT2D eigenvalue weighted by Crippen LogP contribution is -2.36. The van der Waals surface area contributed by atoms with E-state index in [1.165, 1.54) is 0 Å². The van der Waals surface area contributed by atoms with Crippen LogP contribution in [0.3, 0.4) is 0 Å². The first-order chi connectivity index (χ1) is 10.1. The number of pyridine rings is 1. The minimum atomic E-state index is -0.350. The van der Waals surface area contributed by atoms with Gasteiger partial charge in [0.15, 0.2) is 0 Å². The van der Waals surface area contributed by atoms with E-state index >= 15 is 0 Å². The zero-order chi connectivity index (χ0) is 14.9. The predicted octanol–water partition coefficient (Wildman–Crippen LogP) is 2.35. The highest BCUT2D eigenvalue weighted by Crippen LogP contribution is 2.49. The Morgan fingerprint density at radius 3 is 2.52 bits per heavy atom. The van der Waals surface area contributed by atoms with Crippen LogP contribution in [0.2, 0.25) is 0 Å². The Kier molecular flexibility index (Phi) is 3.37. The van der Waals surface area contributed by atoms with Crippen LogP contribution < -0.4 is 5.73 Å². The molecule has 3 rings (SSSR count). The van der Waals surface area contributed by atoms with Crippen molar-refractivity contribution in [2.24, 2.45) is 0 Å². The Balaban J connectivity index is 1.76. The van der Waals surface area contributed by atoms with Crippen molar-refractivity contribution in [2.45, 2.75) is 24.8 Å². The molecule has 0 bridgehead atoms. The number of benzene rings is 1. The number of aromatic nitrogens is 1. The Bertz CT molecular complexity index is 633. The van der Waals surface area contributed by atoms with Crippen LogP contribution >= 0.6 is 0 Å². The van der Waals surface area contributed by atoms with Crippen molar-refractivity contribution in [1.29, 1.82) is 0 Å². The molecule has 1 aliphatic carbocycles. The molecular weight excluding hydrogens is 262 g/mol. The van der Waals surface area contributed by atoms with E-state index in [9.17, 15) is 4.79 Å². The number of nitrogen functional groups attached to an aromatic ring is 1. The van der Waals surface area contributed by atoms with Crippen LogP contribution in [0.25, 0.3) is 0 Å². The molecule has 21 heavy (non-hydrogen) atoms. The number of carbonyl (C=O) groups is 1. The molecule has 1 fully saturated rings. The third kappa shape index (κ3) is 2.61. The lowest BCUT2D eigenvalue weighted by molar-refractivity contribution is -0.133. The summed E-state index contributed by atoms with van der Waals surface area (Å²) < 4.78 is 0. The number of carbonyl (C=O) groups excluding carboxylic acids is 1. The fourth-order valence-electron chi connectivity index (χ4n) is 2.72. The standard InChI is InChI=1S/C17H19N3O/c1-20(12-15-4-2-3-11-19-15)16(21)17(9-10-17)13-5-7-14(18)8-6-13/h2-8,11H,9-10,12,18H2,1H3. The van der Waals surface area contributed by atoms with Gasteiger partial charge in [-0.15, -0.1) is 0 Å². The fraction of sp³-hybridized carbons (Fsp3) is 0.294. The summed E-state index contributed by atoms with van der Waals surface area (Å²) in [6.07, 6.45) is 3.56. The first-order valence-electron chi connectivity index (χ1n) is 7.13. The van der Waals surface area contributed by atoms with Crippen LogP contribution in [0.15, 0.2) is 48.7 Å². The fourth-order valence-corrected chi connectivity index (χ4v) is 2.72. The summed E-state index contributed by atoms with van der Waals surface area (Å²) in [6, 6.07) is 13.4. The molecule has 0 radical (unpaired) electrons. The van der Waals surface area contributed by atoms with E-state index in [-0.39, 0.29) is 11.3 Å². The lowest BCUT2D eigenvalue weighted by atomic mass is 9.94. The van der Waals surface area contributed by atoms with Gasteiger partial charge in [0.25, 0.3) is 0 Å². The molecule has 0 aliphatic heterocycles. The molecule has 0 unspecified atom stereocenters. The van der Waals surface area contributed by atoms with Crippen molar-refractivity contribution >= 4 is 11.6 Å². The van der Waals surface area contributed by atoms with E-state index in [1.54, 1.807) is 11.1 Å². The second-order valence-electron chi connectivity index (χ2n) is 5.69. The molecule has 2 N–H and O–H groups in total. The molecule has 4 heteroatoms. The maximum Gasteiger partial charge on any atom is 0.233 e. The highest BCUT2D eigenvalue weighted by molar-refractivity contribution is 5.91. The van der Waals surface area contributed by atoms with Gasteiger partial charge >= 0.3 is 0 Å². The second-order valence-corrected chi connectivity index (χ2v) is 5.69. The van der Waals surface area contributed by atoms with Crippen molar-refractivity contribution in [2.75, 3.05) is 12.8 Å². The summed E-state index contributed by atoms with van der Waals surface area (Å²) in [7, 11) is 1.84. The summed E-state index contributed by atoms with van der Waals surface area (Å²) in [5.41, 5.74) is 8.07. The Labute approximate surface area is 124 Å². The number of nitrogens with zero attached hydrogens (tertiary/aromatic N) is 2. The van der Waals surface area contributed by atoms with Crippen LogP contribution in [0, 0.1) is 0 Å². The third-order valence-electron chi connectivity index (χ3n) is 4.09. The Hall–Kier alpha value is -2.36. The first-order valence-corrected chi connectivity index (χ1v) is 7.13. The normalized spacial score (nSPS) is 15.5. The molecule has 1 amide bonds. The molecule has 0 atom stereocenters. The molecule has 1 aliphatic rings. The van der Waals surface area contributed by atoms with Crippen molar-refractivity contribution in [3.05, 3.63) is 59.9 Å². The maximum absolute atomic E-state index is 12.8. The van der Waals surface area contributed by atoms with Gasteiger partial charge in [0.2, 0.25) is 5.91 Å². The maximum atomic E-state index is 12.8. The Morgan fingerprint density at radius 1 is 1.24 bits per heavy atom. The summed E-state index contributed by atoms with van der Waals surface area (Å²) >= 11 is 0. The van der Waals surface area contributed by atoms with Gasteiger partial charge in [-0.05, 0) is 42.7 Å². The van der Waals surface area contributed by atoms with Crippen molar-refractivity contribution in [3.63, 3.8) is 0 Å². The average molecular weight is 281 g/mol. The van der Waals surface area contributed by atoms with Crippen LogP contribution in [-0.4, -0.2) is 22.8 Å². The summed E-state index contributed by atoms with van der Waals surface area (Å²) in [6.45, 7) is 0.538. The molecular formula is C17H19N3O. The van der Waals surface area contributed by atoms with E-state index in [4.69, 9.17) is 5.73 Å². The highest BCUT2D eigenvalue weighted by Gasteiger charge is 2.52. The second kappa shape index (κ2) is 5.20. The van der Waals surface area contributed by atoms with Gasteiger partial charge in [-0.1, -0.05) is 18.2 Å². The largest absolute Gasteiger partial charge is 0.399 e. The van der Waals surface area contributed by atoms with Crippen LogP contribution in [0.1, 0.15) is 24.1 Å². The molecule has 2 aromatic rings. The van der Waals surface area contributed by atoms with Crippen LogP contribution in [0.5, 0.6) is 0 Å². The number of likely N-dealkylation sites (N-methyl/N-ethyl adjacent to an activating group) is 1. The minimum Gasteiger partial charge on any atom is -0.399 e. The number of nitrogens with two attached hydrogens (primary N) is 1. The number of hydrogen-bond donors (Lipinski definition) is 1. The van der Waals surface area contributed by atoms with E-state index in [1.807, 2.05) is 49.5 Å². The summed E-state index contributed by atoms with van der Waals surface area (Å²) in [5.74, 6) is 0.165. The number of anilines is 1. The molecule has 1 aromatic carbocycles. The topological polar surface area (TPSA) is 59.2 Å². The molecule has 1 heterocycles. The molecule has 108 valence electrons. The van der Waals surface area contributed by atoms with E-state index in [2.05, 4.69) is 4.98 Å². The molecule has 0 spiro atoms. The summed E-state index contributed by atoms with van der Waals surface area (Å²) in [5, 5.41) is 0. The SMILES string of the molecule is CN(Cc1ccccn1)C(=O)C1(c2ccc(N)cc2)CC1. The quantitative estimate of drug-likeness (QED) is 0.875. The Morgan fingerprint density at radius 2 is 1.95 bits per heavy atom. The van der Waals surface area contributed by atoms with Crippen molar-refractivity contribution in [1.82, 2.24) is 9.88 Å². The number of rotatable bonds is 4. The van der Waals surface area contributed by atoms with Gasteiger partial charge in [-0.2, -0.15) is 0 Å². The van der Waals surface area contributed by atoms with Crippen LogP contribution in [0.4, 0.5) is 5.69 Å². The van der Waals surface area contributed by atoms with E-state index < -0.39 is 0 Å². The average Bonchev–Trinajstić information content (AvgIpc) is 3.30. The third-order valence-corrected chi connectivity index (χ3v) is 4.09. The van der Waals surface area contributed by atoms with Gasteiger partial charge in [0, 0.05) is 18.9 Å². The predicted molar refractivity (Wildman–Crippen MR) is 82.5 cm³/mol. The minimum absolute atomic E-state index is 0.165. The van der Waals surface area contributed by atoms with Gasteiger partial charge in [-0.3, -0.25) is 9.78 Å². The zero-order valence-corrected chi connectivity index (χ0v) is 12.1. The van der Waals surface area contributed by atoms with E-state index in [0.29, 0.717) is 6.54 Å². The van der Waals surface area contributed by atoms with E-state index in [0.717, 1.165) is 29.8 Å². The number of amides is 1. The number of hydrogen-bond acceptors (Lipinski definition) is 3. The van der Waals surface area contributed by atoms with Gasteiger partial charge < -0.3 is 10.6 Å². The molecule has 1 saturated carbocycles. The smallest absolute Gasteiger partial charge is 0.233 e.